The van der Waals surface area contributed by atoms with E-state index in [2.05, 4.69) is 20.2 Å². The SMILES string of the molecule is CC(N)c1nnc(Cc2cccc3cccnc23)[nH]c1=O. The number of fused-ring (bicyclic) bond motifs is 1. The fourth-order valence-electron chi connectivity index (χ4n) is 2.25. The maximum absolute atomic E-state index is 11.9. The van der Waals surface area contributed by atoms with Crippen LogP contribution in [0.25, 0.3) is 10.9 Å². The number of H-pyrrole nitrogens is 1. The van der Waals surface area contributed by atoms with Crippen LogP contribution in [0, 0.1) is 0 Å². The summed E-state index contributed by atoms with van der Waals surface area (Å²) < 4.78 is 0. The van der Waals surface area contributed by atoms with E-state index in [0.717, 1.165) is 16.5 Å². The van der Waals surface area contributed by atoms with E-state index in [0.29, 0.717) is 12.2 Å². The molecule has 0 saturated carbocycles. The molecule has 6 nitrogen and oxygen atoms in total. The Morgan fingerprint density at radius 3 is 2.81 bits per heavy atom. The van der Waals surface area contributed by atoms with Crippen LogP contribution in [0.15, 0.2) is 41.3 Å². The van der Waals surface area contributed by atoms with E-state index in [9.17, 15) is 4.79 Å². The van der Waals surface area contributed by atoms with Crippen LogP contribution in [-0.4, -0.2) is 20.2 Å². The van der Waals surface area contributed by atoms with Gasteiger partial charge in [-0.15, -0.1) is 10.2 Å². The predicted octanol–water partition coefficient (Wildman–Crippen LogP) is 1.32. The summed E-state index contributed by atoms with van der Waals surface area (Å²) in [6.07, 6.45) is 2.22. The molecule has 0 amide bonds. The number of rotatable bonds is 3. The Hall–Kier alpha value is -2.60. The number of aromatic nitrogens is 4. The molecule has 0 fully saturated rings. The molecule has 21 heavy (non-hydrogen) atoms. The van der Waals surface area contributed by atoms with Crippen LogP contribution in [-0.2, 0) is 6.42 Å². The predicted molar refractivity (Wildman–Crippen MR) is 79.8 cm³/mol. The van der Waals surface area contributed by atoms with Crippen LogP contribution in [0.1, 0.15) is 30.0 Å². The zero-order chi connectivity index (χ0) is 14.8. The lowest BCUT2D eigenvalue weighted by Gasteiger charge is -2.06. The number of aromatic amines is 1. The lowest BCUT2D eigenvalue weighted by molar-refractivity contribution is 0.703. The fraction of sp³-hybridized carbons (Fsp3) is 0.200. The Balaban J connectivity index is 1.99. The molecule has 1 unspecified atom stereocenters. The van der Waals surface area contributed by atoms with Gasteiger partial charge in [-0.2, -0.15) is 0 Å². The summed E-state index contributed by atoms with van der Waals surface area (Å²) in [6.45, 7) is 1.70. The van der Waals surface area contributed by atoms with Crippen LogP contribution in [0.4, 0.5) is 0 Å². The Bertz CT molecular complexity index is 835. The standard InChI is InChI=1S/C15H15N5O/c1-9(16)13-15(21)18-12(19-20-13)8-11-5-2-4-10-6-3-7-17-14(10)11/h2-7,9H,8,16H2,1H3,(H,18,19,21). The maximum Gasteiger partial charge on any atom is 0.274 e. The van der Waals surface area contributed by atoms with Gasteiger partial charge in [-0.25, -0.2) is 0 Å². The smallest absolute Gasteiger partial charge is 0.274 e. The van der Waals surface area contributed by atoms with Crippen molar-refractivity contribution in [3.63, 3.8) is 0 Å². The first kappa shape index (κ1) is 13.4. The summed E-state index contributed by atoms with van der Waals surface area (Å²) in [5.41, 5.74) is 7.51. The third-order valence-electron chi connectivity index (χ3n) is 3.27. The molecular weight excluding hydrogens is 266 g/mol. The fourth-order valence-corrected chi connectivity index (χ4v) is 2.25. The molecule has 3 aromatic rings. The first-order valence-electron chi connectivity index (χ1n) is 6.69. The number of pyridine rings is 1. The van der Waals surface area contributed by atoms with Crippen molar-refractivity contribution in [2.45, 2.75) is 19.4 Å². The van der Waals surface area contributed by atoms with Gasteiger partial charge < -0.3 is 10.7 Å². The first-order valence-corrected chi connectivity index (χ1v) is 6.69. The first-order chi connectivity index (χ1) is 10.1. The molecule has 106 valence electrons. The summed E-state index contributed by atoms with van der Waals surface area (Å²) in [4.78, 5) is 19.0. The second kappa shape index (κ2) is 5.41. The van der Waals surface area contributed by atoms with E-state index in [-0.39, 0.29) is 11.3 Å². The van der Waals surface area contributed by atoms with Crippen molar-refractivity contribution in [1.82, 2.24) is 20.2 Å². The highest BCUT2D eigenvalue weighted by molar-refractivity contribution is 5.81. The molecule has 2 heterocycles. The van der Waals surface area contributed by atoms with Gasteiger partial charge in [-0.05, 0) is 18.6 Å². The Kier molecular flexibility index (Phi) is 3.45. The third-order valence-corrected chi connectivity index (χ3v) is 3.27. The minimum absolute atomic E-state index is 0.245. The molecule has 0 bridgehead atoms. The molecule has 0 radical (unpaired) electrons. The number of nitrogens with zero attached hydrogens (tertiary/aromatic N) is 3. The van der Waals surface area contributed by atoms with Crippen LogP contribution in [0.3, 0.4) is 0 Å². The summed E-state index contributed by atoms with van der Waals surface area (Å²) >= 11 is 0. The normalized spacial score (nSPS) is 12.5. The van der Waals surface area contributed by atoms with E-state index in [4.69, 9.17) is 5.73 Å². The largest absolute Gasteiger partial charge is 0.323 e. The average Bonchev–Trinajstić information content (AvgIpc) is 2.47. The lowest BCUT2D eigenvalue weighted by atomic mass is 10.1. The summed E-state index contributed by atoms with van der Waals surface area (Å²) in [5, 5.41) is 9.02. The number of para-hydroxylation sites is 1. The number of nitrogens with two attached hydrogens (primary N) is 1. The van der Waals surface area contributed by atoms with Crippen molar-refractivity contribution >= 4 is 10.9 Å². The van der Waals surface area contributed by atoms with Crippen molar-refractivity contribution in [3.8, 4) is 0 Å². The number of benzene rings is 1. The number of nitrogens with one attached hydrogen (secondary N) is 1. The van der Waals surface area contributed by atoms with Crippen LogP contribution in [0.2, 0.25) is 0 Å². The molecule has 2 aromatic heterocycles. The average molecular weight is 281 g/mol. The number of hydrogen-bond donors (Lipinski definition) is 2. The van der Waals surface area contributed by atoms with Gasteiger partial charge in [0.25, 0.3) is 5.56 Å². The molecule has 0 spiro atoms. The monoisotopic (exact) mass is 281 g/mol. The Labute approximate surface area is 121 Å². The van der Waals surface area contributed by atoms with Gasteiger partial charge >= 0.3 is 0 Å². The van der Waals surface area contributed by atoms with Gasteiger partial charge in [0, 0.05) is 18.0 Å². The van der Waals surface area contributed by atoms with Gasteiger partial charge in [-0.3, -0.25) is 9.78 Å². The highest BCUT2D eigenvalue weighted by atomic mass is 16.1. The van der Waals surface area contributed by atoms with Crippen molar-refractivity contribution in [1.29, 1.82) is 0 Å². The summed E-state index contributed by atoms with van der Waals surface area (Å²) in [6, 6.07) is 9.38. The summed E-state index contributed by atoms with van der Waals surface area (Å²) in [5.74, 6) is 0.502. The molecule has 0 aliphatic heterocycles. The lowest BCUT2D eigenvalue weighted by Crippen LogP contribution is -2.24. The van der Waals surface area contributed by atoms with E-state index in [1.807, 2.05) is 30.3 Å². The van der Waals surface area contributed by atoms with Crippen LogP contribution in [0.5, 0.6) is 0 Å². The van der Waals surface area contributed by atoms with Crippen molar-refractivity contribution in [2.24, 2.45) is 5.73 Å². The topological polar surface area (TPSA) is 97.5 Å². The Morgan fingerprint density at radius 1 is 1.24 bits per heavy atom. The summed E-state index contributed by atoms with van der Waals surface area (Å²) in [7, 11) is 0. The molecule has 3 N–H and O–H groups in total. The van der Waals surface area contributed by atoms with E-state index in [1.165, 1.54) is 0 Å². The van der Waals surface area contributed by atoms with Crippen molar-refractivity contribution in [2.75, 3.05) is 0 Å². The molecule has 3 rings (SSSR count). The minimum atomic E-state index is -0.436. The second-order valence-electron chi connectivity index (χ2n) is 4.94. The van der Waals surface area contributed by atoms with Gasteiger partial charge in [-0.1, -0.05) is 24.3 Å². The molecule has 0 saturated heterocycles. The molecule has 1 atom stereocenters. The van der Waals surface area contributed by atoms with E-state index >= 15 is 0 Å². The third kappa shape index (κ3) is 2.66. The van der Waals surface area contributed by atoms with E-state index in [1.54, 1.807) is 13.1 Å². The van der Waals surface area contributed by atoms with E-state index < -0.39 is 6.04 Å². The zero-order valence-electron chi connectivity index (χ0n) is 11.6. The van der Waals surface area contributed by atoms with Gasteiger partial charge in [0.1, 0.15) is 11.5 Å². The van der Waals surface area contributed by atoms with Crippen LogP contribution >= 0.6 is 0 Å². The van der Waals surface area contributed by atoms with Gasteiger partial charge in [0.15, 0.2) is 0 Å². The van der Waals surface area contributed by atoms with Gasteiger partial charge in [0.05, 0.1) is 11.6 Å². The van der Waals surface area contributed by atoms with Crippen molar-refractivity contribution in [3.05, 3.63) is 64.0 Å². The Morgan fingerprint density at radius 2 is 2.05 bits per heavy atom. The zero-order valence-corrected chi connectivity index (χ0v) is 11.6. The van der Waals surface area contributed by atoms with Crippen molar-refractivity contribution < 1.29 is 0 Å². The highest BCUT2D eigenvalue weighted by Crippen LogP contribution is 2.17. The molecule has 0 aliphatic rings. The molecule has 6 heteroatoms. The quantitative estimate of drug-likeness (QED) is 0.754. The highest BCUT2D eigenvalue weighted by Gasteiger charge is 2.10. The maximum atomic E-state index is 11.9. The molecular formula is C15H15N5O. The molecule has 0 aliphatic carbocycles. The molecule has 1 aromatic carbocycles. The number of hydrogen-bond acceptors (Lipinski definition) is 5. The van der Waals surface area contributed by atoms with Gasteiger partial charge in [0.2, 0.25) is 0 Å². The minimum Gasteiger partial charge on any atom is -0.323 e. The second-order valence-corrected chi connectivity index (χ2v) is 4.94. The van der Waals surface area contributed by atoms with Crippen LogP contribution < -0.4 is 11.3 Å².